The molecule has 0 aliphatic heterocycles. The van der Waals surface area contributed by atoms with Crippen molar-refractivity contribution in [3.8, 4) is 5.75 Å². The Balaban J connectivity index is 2.18. The zero-order valence-electron chi connectivity index (χ0n) is 14.7. The van der Waals surface area contributed by atoms with Crippen LogP contribution in [0.5, 0.6) is 5.75 Å². The molecule has 0 unspecified atom stereocenters. The molecule has 0 aliphatic rings. The van der Waals surface area contributed by atoms with Gasteiger partial charge in [-0.1, -0.05) is 0 Å². The average molecular weight is 420 g/mol. The van der Waals surface area contributed by atoms with Gasteiger partial charge in [-0.2, -0.15) is 0 Å². The molecule has 1 N–H and O–H groups in total. The molecular weight excluding hydrogens is 404 g/mol. The number of carbonyl (C=O) groups is 1. The topological polar surface area (TPSA) is 75.7 Å². The summed E-state index contributed by atoms with van der Waals surface area (Å²) in [7, 11) is -3.89. The maximum Gasteiger partial charge on any atom is 0.573 e. The van der Waals surface area contributed by atoms with Crippen LogP contribution in [0.2, 0.25) is 0 Å². The number of anilines is 2. The summed E-state index contributed by atoms with van der Waals surface area (Å²) in [6, 6.07) is 7.67. The van der Waals surface area contributed by atoms with Crippen molar-refractivity contribution in [2.75, 3.05) is 15.9 Å². The number of sulfonamides is 1. The van der Waals surface area contributed by atoms with Crippen molar-refractivity contribution in [2.24, 2.45) is 0 Å². The van der Waals surface area contributed by atoms with E-state index < -0.39 is 39.9 Å². The standard InChI is InChI=1S/C17H16F4N2O4S/c1-11(23(28(2,25)26)14-7-3-12(18)4-8-14)16(24)22-13-5-9-15(10-6-13)27-17(19,20)21/h3-11H,1-2H3,(H,22,24)/t11-/m1/s1. The first kappa shape index (κ1) is 21.5. The number of halogens is 4. The van der Waals surface area contributed by atoms with Crippen molar-refractivity contribution in [1.29, 1.82) is 0 Å². The van der Waals surface area contributed by atoms with Gasteiger partial charge in [0.1, 0.15) is 17.6 Å². The van der Waals surface area contributed by atoms with E-state index in [1.165, 1.54) is 31.2 Å². The highest BCUT2D eigenvalue weighted by atomic mass is 32.2. The Kier molecular flexibility index (Phi) is 6.17. The van der Waals surface area contributed by atoms with Crippen molar-refractivity contribution >= 4 is 27.3 Å². The minimum absolute atomic E-state index is 0.0838. The van der Waals surface area contributed by atoms with E-state index in [1.54, 1.807) is 0 Å². The van der Waals surface area contributed by atoms with Gasteiger partial charge in [0.25, 0.3) is 0 Å². The van der Waals surface area contributed by atoms with Crippen LogP contribution in [0.1, 0.15) is 6.92 Å². The van der Waals surface area contributed by atoms with Crippen LogP contribution in [0.15, 0.2) is 48.5 Å². The number of hydrogen-bond acceptors (Lipinski definition) is 4. The van der Waals surface area contributed by atoms with E-state index in [0.717, 1.165) is 34.8 Å². The summed E-state index contributed by atoms with van der Waals surface area (Å²) in [4.78, 5) is 12.5. The van der Waals surface area contributed by atoms with Gasteiger partial charge in [0.15, 0.2) is 0 Å². The average Bonchev–Trinajstić information content (AvgIpc) is 2.56. The third kappa shape index (κ3) is 5.84. The molecule has 152 valence electrons. The molecule has 6 nitrogen and oxygen atoms in total. The summed E-state index contributed by atoms with van der Waals surface area (Å²) < 4.78 is 78.4. The summed E-state index contributed by atoms with van der Waals surface area (Å²) in [5.41, 5.74) is 0.222. The first-order chi connectivity index (χ1) is 12.9. The molecule has 1 atom stereocenters. The van der Waals surface area contributed by atoms with Crippen LogP contribution in [-0.4, -0.2) is 33.0 Å². The Hall–Kier alpha value is -2.82. The monoisotopic (exact) mass is 420 g/mol. The first-order valence-corrected chi connectivity index (χ1v) is 9.63. The van der Waals surface area contributed by atoms with E-state index in [4.69, 9.17) is 0 Å². The summed E-state index contributed by atoms with van der Waals surface area (Å²) in [6.07, 6.45) is -3.95. The largest absolute Gasteiger partial charge is 0.573 e. The van der Waals surface area contributed by atoms with Crippen molar-refractivity contribution in [3.05, 3.63) is 54.3 Å². The fourth-order valence-corrected chi connectivity index (χ4v) is 3.56. The number of hydrogen-bond donors (Lipinski definition) is 1. The summed E-state index contributed by atoms with van der Waals surface area (Å²) in [5, 5.41) is 2.41. The predicted molar refractivity (Wildman–Crippen MR) is 94.9 cm³/mol. The van der Waals surface area contributed by atoms with Crippen LogP contribution in [0, 0.1) is 5.82 Å². The van der Waals surface area contributed by atoms with Crippen molar-refractivity contribution in [3.63, 3.8) is 0 Å². The lowest BCUT2D eigenvalue weighted by molar-refractivity contribution is -0.274. The normalized spacial score (nSPS) is 12.9. The molecule has 11 heteroatoms. The van der Waals surface area contributed by atoms with E-state index in [-0.39, 0.29) is 11.4 Å². The molecular formula is C17H16F4N2O4S. The zero-order chi connectivity index (χ0) is 21.1. The molecule has 0 radical (unpaired) electrons. The fourth-order valence-electron chi connectivity index (χ4n) is 2.38. The van der Waals surface area contributed by atoms with Crippen molar-refractivity contribution < 1.29 is 35.5 Å². The Labute approximate surface area is 158 Å². The van der Waals surface area contributed by atoms with Crippen LogP contribution in [0.4, 0.5) is 28.9 Å². The number of alkyl halides is 3. The van der Waals surface area contributed by atoms with Crippen LogP contribution in [0.25, 0.3) is 0 Å². The number of carbonyl (C=O) groups excluding carboxylic acids is 1. The number of amides is 1. The molecule has 0 fully saturated rings. The quantitative estimate of drug-likeness (QED) is 0.726. The molecule has 1 amide bonds. The van der Waals surface area contributed by atoms with E-state index in [0.29, 0.717) is 0 Å². The number of nitrogens with one attached hydrogen (secondary N) is 1. The summed E-state index contributed by atoms with van der Waals surface area (Å²) in [6.45, 7) is 1.32. The fraction of sp³-hybridized carbons (Fsp3) is 0.235. The third-order valence-electron chi connectivity index (χ3n) is 3.53. The maximum atomic E-state index is 13.1. The third-order valence-corrected chi connectivity index (χ3v) is 4.77. The Morgan fingerprint density at radius 1 is 1.07 bits per heavy atom. The highest BCUT2D eigenvalue weighted by Gasteiger charge is 2.31. The minimum Gasteiger partial charge on any atom is -0.406 e. The highest BCUT2D eigenvalue weighted by Crippen LogP contribution is 2.25. The van der Waals surface area contributed by atoms with E-state index in [1.807, 2.05) is 0 Å². The predicted octanol–water partition coefficient (Wildman–Crippen LogP) is 3.52. The first-order valence-electron chi connectivity index (χ1n) is 7.78. The molecule has 0 aliphatic carbocycles. The van der Waals surface area contributed by atoms with Crippen molar-refractivity contribution in [1.82, 2.24) is 0 Å². The molecule has 2 aromatic rings. The number of rotatable bonds is 6. The lowest BCUT2D eigenvalue weighted by Crippen LogP contribution is -2.45. The van der Waals surface area contributed by atoms with Gasteiger partial charge in [-0.3, -0.25) is 9.10 Å². The second-order valence-corrected chi connectivity index (χ2v) is 7.63. The van der Waals surface area contributed by atoms with Gasteiger partial charge in [-0.05, 0) is 55.5 Å². The van der Waals surface area contributed by atoms with Gasteiger partial charge < -0.3 is 10.1 Å². The Morgan fingerprint density at radius 2 is 1.61 bits per heavy atom. The molecule has 0 saturated heterocycles. The maximum absolute atomic E-state index is 13.1. The van der Waals surface area contributed by atoms with Gasteiger partial charge in [0.05, 0.1) is 11.9 Å². The van der Waals surface area contributed by atoms with Gasteiger partial charge in [0, 0.05) is 5.69 Å². The molecule has 0 heterocycles. The van der Waals surface area contributed by atoms with Crippen LogP contribution < -0.4 is 14.4 Å². The Bertz CT molecular complexity index is 929. The van der Waals surface area contributed by atoms with Crippen molar-refractivity contribution in [2.45, 2.75) is 19.3 Å². The lowest BCUT2D eigenvalue weighted by atomic mass is 10.2. The molecule has 0 spiro atoms. The summed E-state index contributed by atoms with van der Waals surface area (Å²) >= 11 is 0. The van der Waals surface area contributed by atoms with E-state index >= 15 is 0 Å². The van der Waals surface area contributed by atoms with Crippen LogP contribution >= 0.6 is 0 Å². The highest BCUT2D eigenvalue weighted by molar-refractivity contribution is 7.92. The lowest BCUT2D eigenvalue weighted by Gasteiger charge is -2.28. The minimum atomic E-state index is -4.84. The molecule has 28 heavy (non-hydrogen) atoms. The van der Waals surface area contributed by atoms with E-state index in [9.17, 15) is 30.8 Å². The van der Waals surface area contributed by atoms with E-state index in [2.05, 4.69) is 10.1 Å². The van der Waals surface area contributed by atoms with Gasteiger partial charge in [0.2, 0.25) is 15.9 Å². The molecule has 2 aromatic carbocycles. The van der Waals surface area contributed by atoms with Gasteiger partial charge >= 0.3 is 6.36 Å². The zero-order valence-corrected chi connectivity index (χ0v) is 15.5. The molecule has 2 rings (SSSR count). The molecule has 0 bridgehead atoms. The van der Waals surface area contributed by atoms with Crippen LogP contribution in [-0.2, 0) is 14.8 Å². The van der Waals surface area contributed by atoms with Crippen LogP contribution in [0.3, 0.4) is 0 Å². The number of ether oxygens (including phenoxy) is 1. The second kappa shape index (κ2) is 8.05. The number of benzene rings is 2. The SMILES string of the molecule is C[C@H](C(=O)Nc1ccc(OC(F)(F)F)cc1)N(c1ccc(F)cc1)S(C)(=O)=O. The summed E-state index contributed by atoms with van der Waals surface area (Å²) in [5.74, 6) is -1.78. The second-order valence-electron chi connectivity index (χ2n) is 5.77. The smallest absolute Gasteiger partial charge is 0.406 e. The van der Waals surface area contributed by atoms with Gasteiger partial charge in [-0.25, -0.2) is 12.8 Å². The number of nitrogens with zero attached hydrogens (tertiary/aromatic N) is 1. The molecule has 0 saturated carbocycles. The molecule has 0 aromatic heterocycles. The van der Waals surface area contributed by atoms with Gasteiger partial charge in [-0.15, -0.1) is 13.2 Å². The Morgan fingerprint density at radius 3 is 2.07 bits per heavy atom.